The van der Waals surface area contributed by atoms with Crippen molar-refractivity contribution >= 4 is 46.6 Å². The van der Waals surface area contributed by atoms with Gasteiger partial charge < -0.3 is 16.4 Å². The van der Waals surface area contributed by atoms with Crippen LogP contribution in [0.2, 0.25) is 0 Å². The number of nitrogens with one attached hydrogen (secondary N) is 3. The van der Waals surface area contributed by atoms with E-state index in [0.717, 1.165) is 28.2 Å². The summed E-state index contributed by atoms with van der Waals surface area (Å²) in [6.45, 7) is 0.363. The number of aromatic nitrogens is 3. The lowest BCUT2D eigenvalue weighted by atomic mass is 10.1. The van der Waals surface area contributed by atoms with Gasteiger partial charge in [-0.25, -0.2) is 14.5 Å². The summed E-state index contributed by atoms with van der Waals surface area (Å²) in [5.74, 6) is -0.496. The van der Waals surface area contributed by atoms with Gasteiger partial charge in [0.2, 0.25) is 0 Å². The quantitative estimate of drug-likeness (QED) is 0.331. The van der Waals surface area contributed by atoms with Crippen LogP contribution in [0.15, 0.2) is 53.5 Å². The van der Waals surface area contributed by atoms with Crippen molar-refractivity contribution in [2.75, 3.05) is 10.6 Å². The minimum absolute atomic E-state index is 0.0216. The Labute approximate surface area is 203 Å². The van der Waals surface area contributed by atoms with Crippen molar-refractivity contribution in [2.45, 2.75) is 19.4 Å². The molecule has 0 atom stereocenters. The van der Waals surface area contributed by atoms with Crippen LogP contribution in [-0.4, -0.2) is 21.1 Å². The van der Waals surface area contributed by atoms with E-state index in [4.69, 9.17) is 5.73 Å². The van der Waals surface area contributed by atoms with Gasteiger partial charge >= 0.3 is 0 Å². The van der Waals surface area contributed by atoms with Crippen molar-refractivity contribution in [1.82, 2.24) is 15.2 Å². The van der Waals surface area contributed by atoms with Gasteiger partial charge in [0.25, 0.3) is 11.5 Å². The second-order valence-electron chi connectivity index (χ2n) is 7.94. The Morgan fingerprint density at radius 1 is 1.11 bits per heavy atom. The van der Waals surface area contributed by atoms with Crippen LogP contribution in [0.1, 0.15) is 28.1 Å². The van der Waals surface area contributed by atoms with Gasteiger partial charge in [0.1, 0.15) is 17.3 Å². The number of amides is 1. The Morgan fingerprint density at radius 3 is 2.74 bits per heavy atom. The van der Waals surface area contributed by atoms with Crippen LogP contribution in [0.5, 0.6) is 0 Å². The molecule has 3 heterocycles. The Morgan fingerprint density at radius 2 is 1.97 bits per heavy atom. The minimum atomic E-state index is -0.575. The number of halogens is 1. The molecule has 4 aromatic rings. The summed E-state index contributed by atoms with van der Waals surface area (Å²) in [6.07, 6.45) is 7.71. The maximum Gasteiger partial charge on any atom is 0.287 e. The molecule has 0 fully saturated rings. The van der Waals surface area contributed by atoms with E-state index in [1.807, 2.05) is 6.07 Å². The zero-order chi connectivity index (χ0) is 24.4. The molecule has 0 aliphatic heterocycles. The first-order valence-corrected chi connectivity index (χ1v) is 11.7. The van der Waals surface area contributed by atoms with Gasteiger partial charge in [-0.2, -0.15) is 5.10 Å². The number of H-pyrrole nitrogens is 1. The summed E-state index contributed by atoms with van der Waals surface area (Å²) in [4.78, 5) is 29.8. The molecule has 3 aromatic heterocycles. The molecule has 5 N–H and O–H groups in total. The SMILES string of the molecule is NCc1ccc(Nc2cc(-c3ccc(F)c(NC(=O)c4cc5c(s4)=CCCC=5)c3)n[nH]c2=O)nc1. The average molecular weight is 489 g/mol. The highest BCUT2D eigenvalue weighted by atomic mass is 32.1. The van der Waals surface area contributed by atoms with Crippen LogP contribution >= 0.6 is 11.3 Å². The number of hydrogen-bond acceptors (Lipinski definition) is 7. The lowest BCUT2D eigenvalue weighted by Crippen LogP contribution is -2.19. The van der Waals surface area contributed by atoms with Gasteiger partial charge in [0, 0.05) is 22.8 Å². The molecule has 1 aliphatic carbocycles. The fourth-order valence-electron chi connectivity index (χ4n) is 3.67. The average Bonchev–Trinajstić information content (AvgIpc) is 3.32. The predicted molar refractivity (Wildman–Crippen MR) is 135 cm³/mol. The van der Waals surface area contributed by atoms with Crippen molar-refractivity contribution in [3.8, 4) is 11.3 Å². The van der Waals surface area contributed by atoms with Crippen molar-refractivity contribution in [2.24, 2.45) is 5.73 Å². The summed E-state index contributed by atoms with van der Waals surface area (Å²) in [6, 6.07) is 11.1. The number of hydrogen-bond donors (Lipinski definition) is 4. The van der Waals surface area contributed by atoms with Gasteiger partial charge in [-0.3, -0.25) is 9.59 Å². The Balaban J connectivity index is 1.41. The first kappa shape index (κ1) is 22.6. The molecule has 5 rings (SSSR count). The van der Waals surface area contributed by atoms with Crippen LogP contribution in [-0.2, 0) is 6.54 Å². The highest BCUT2D eigenvalue weighted by molar-refractivity contribution is 7.12. The van der Waals surface area contributed by atoms with Crippen LogP contribution in [0.3, 0.4) is 0 Å². The summed E-state index contributed by atoms with van der Waals surface area (Å²) in [7, 11) is 0. The fourth-order valence-corrected chi connectivity index (χ4v) is 4.70. The van der Waals surface area contributed by atoms with Gasteiger partial charge in [-0.05, 0) is 60.0 Å². The molecule has 35 heavy (non-hydrogen) atoms. The van der Waals surface area contributed by atoms with Gasteiger partial charge in [-0.15, -0.1) is 11.3 Å². The van der Waals surface area contributed by atoms with E-state index >= 15 is 0 Å². The fraction of sp³-hybridized carbons (Fsp3) is 0.120. The third kappa shape index (κ3) is 4.88. The highest BCUT2D eigenvalue weighted by Crippen LogP contribution is 2.25. The molecule has 0 radical (unpaired) electrons. The van der Waals surface area contributed by atoms with E-state index in [9.17, 15) is 14.0 Å². The standard InChI is InChI=1S/C25H21FN6O2S/c26-17-7-6-15(9-19(17)30-25(34)22-10-16-3-1-2-4-21(16)35-22)18-11-20(24(33)32-31-18)29-23-8-5-14(12-27)13-28-23/h3-11,13H,1-2,12,27H2,(H,30,34)(H,32,33)(H,28,29,31). The number of nitrogens with two attached hydrogens (primary N) is 1. The molecule has 0 unspecified atom stereocenters. The number of carbonyl (C=O) groups excluding carboxylic acids is 1. The zero-order valence-corrected chi connectivity index (χ0v) is 19.3. The van der Waals surface area contributed by atoms with Crippen LogP contribution in [0.25, 0.3) is 23.4 Å². The van der Waals surface area contributed by atoms with Crippen molar-refractivity contribution in [3.63, 3.8) is 0 Å². The molecule has 1 aliphatic rings. The number of rotatable bonds is 6. The summed E-state index contributed by atoms with van der Waals surface area (Å²) >= 11 is 1.38. The minimum Gasteiger partial charge on any atom is -0.336 e. The van der Waals surface area contributed by atoms with Gasteiger partial charge in [-0.1, -0.05) is 18.2 Å². The molecule has 0 saturated heterocycles. The molecule has 0 spiro atoms. The van der Waals surface area contributed by atoms with Crippen molar-refractivity contribution in [1.29, 1.82) is 0 Å². The number of benzene rings is 1. The molecule has 10 heteroatoms. The molecule has 8 nitrogen and oxygen atoms in total. The number of pyridine rings is 1. The topological polar surface area (TPSA) is 126 Å². The number of thiophene rings is 1. The van der Waals surface area contributed by atoms with Crippen LogP contribution in [0.4, 0.5) is 21.6 Å². The van der Waals surface area contributed by atoms with Crippen molar-refractivity contribution < 1.29 is 9.18 Å². The summed E-state index contributed by atoms with van der Waals surface area (Å²) in [5, 5.41) is 13.2. The molecular weight excluding hydrogens is 467 g/mol. The maximum absolute atomic E-state index is 14.5. The van der Waals surface area contributed by atoms with E-state index in [0.29, 0.717) is 28.5 Å². The summed E-state index contributed by atoms with van der Waals surface area (Å²) in [5.41, 5.74) is 7.15. The lowest BCUT2D eigenvalue weighted by Gasteiger charge is -2.09. The van der Waals surface area contributed by atoms with E-state index < -0.39 is 11.4 Å². The first-order valence-electron chi connectivity index (χ1n) is 10.9. The van der Waals surface area contributed by atoms with Crippen molar-refractivity contribution in [3.05, 3.63) is 85.0 Å². The molecule has 0 bridgehead atoms. The van der Waals surface area contributed by atoms with E-state index in [2.05, 4.69) is 38.0 Å². The third-order valence-electron chi connectivity index (χ3n) is 5.51. The van der Waals surface area contributed by atoms with Crippen LogP contribution < -0.4 is 31.7 Å². The van der Waals surface area contributed by atoms with Crippen LogP contribution in [0, 0.1) is 5.82 Å². The van der Waals surface area contributed by atoms with E-state index in [1.54, 1.807) is 18.3 Å². The van der Waals surface area contributed by atoms with Gasteiger partial charge in [0.05, 0.1) is 16.3 Å². The maximum atomic E-state index is 14.5. The van der Waals surface area contributed by atoms with E-state index in [1.165, 1.54) is 35.6 Å². The smallest absolute Gasteiger partial charge is 0.287 e. The molecule has 1 aromatic carbocycles. The number of fused-ring (bicyclic) bond motifs is 1. The number of carbonyl (C=O) groups is 1. The lowest BCUT2D eigenvalue weighted by molar-refractivity contribution is 0.103. The molecule has 1 amide bonds. The van der Waals surface area contributed by atoms with E-state index in [-0.39, 0.29) is 17.3 Å². The molecule has 176 valence electrons. The van der Waals surface area contributed by atoms with Gasteiger partial charge in [0.15, 0.2) is 0 Å². The number of aromatic amines is 1. The Kier molecular flexibility index (Phi) is 6.21. The number of anilines is 3. The second-order valence-corrected chi connectivity index (χ2v) is 9.03. The Hall–Kier alpha value is -4.15. The zero-order valence-electron chi connectivity index (χ0n) is 18.5. The largest absolute Gasteiger partial charge is 0.336 e. The summed E-state index contributed by atoms with van der Waals surface area (Å²) < 4.78 is 15.6. The predicted octanol–water partition coefficient (Wildman–Crippen LogP) is 2.84. The Bertz CT molecular complexity index is 1560. The highest BCUT2D eigenvalue weighted by Gasteiger charge is 2.15. The normalized spacial score (nSPS) is 12.3. The second kappa shape index (κ2) is 9.61. The monoisotopic (exact) mass is 488 g/mol. The molecular formula is C25H21FN6O2S. The third-order valence-corrected chi connectivity index (χ3v) is 6.66. The number of nitrogens with zero attached hydrogens (tertiary/aromatic N) is 2. The first-order chi connectivity index (χ1) is 17.0. The molecule has 0 saturated carbocycles.